The van der Waals surface area contributed by atoms with Crippen molar-refractivity contribution in [2.45, 2.75) is 51.9 Å². The number of aromatic nitrogens is 3. The highest BCUT2D eigenvalue weighted by Crippen LogP contribution is 2.37. The van der Waals surface area contributed by atoms with Gasteiger partial charge in [-0.05, 0) is 32.3 Å². The Balaban J connectivity index is 1.92. The van der Waals surface area contributed by atoms with Gasteiger partial charge in [0.15, 0.2) is 5.82 Å². The van der Waals surface area contributed by atoms with Crippen molar-refractivity contribution in [1.82, 2.24) is 15.2 Å². The number of rotatable bonds is 2. The molecule has 3 N–H and O–H groups in total. The molecule has 102 valence electrons. The van der Waals surface area contributed by atoms with Crippen molar-refractivity contribution in [2.75, 3.05) is 5.73 Å². The van der Waals surface area contributed by atoms with Crippen molar-refractivity contribution in [2.24, 2.45) is 0 Å². The van der Waals surface area contributed by atoms with Crippen LogP contribution in [0.3, 0.4) is 0 Å². The van der Waals surface area contributed by atoms with Crippen molar-refractivity contribution in [3.63, 3.8) is 0 Å². The van der Waals surface area contributed by atoms with E-state index in [1.54, 1.807) is 11.3 Å². The van der Waals surface area contributed by atoms with E-state index in [1.807, 2.05) is 0 Å². The number of anilines is 1. The van der Waals surface area contributed by atoms with Crippen LogP contribution in [-0.4, -0.2) is 15.2 Å². The third-order valence-corrected chi connectivity index (χ3v) is 5.17. The van der Waals surface area contributed by atoms with E-state index in [0.717, 1.165) is 22.2 Å². The minimum atomic E-state index is 0.552. The van der Waals surface area contributed by atoms with E-state index in [-0.39, 0.29) is 0 Å². The molecule has 0 amide bonds. The van der Waals surface area contributed by atoms with E-state index in [9.17, 15) is 0 Å². The number of nitrogens with one attached hydrogen (secondary N) is 1. The number of H-pyrrole nitrogens is 1. The first-order valence-corrected chi connectivity index (χ1v) is 7.76. The van der Waals surface area contributed by atoms with Gasteiger partial charge in [0, 0.05) is 10.8 Å². The van der Waals surface area contributed by atoms with E-state index >= 15 is 0 Å². The molecule has 0 aliphatic heterocycles. The molecule has 0 saturated heterocycles. The SMILES string of the molecule is Cc1sc(N)c(-c2n[nH]c(C3CCCCC3)n2)c1C. The molecule has 4 nitrogen and oxygen atoms in total. The van der Waals surface area contributed by atoms with Crippen LogP contribution in [0.15, 0.2) is 0 Å². The summed E-state index contributed by atoms with van der Waals surface area (Å²) in [5, 5.41) is 8.34. The fraction of sp³-hybridized carbons (Fsp3) is 0.571. The molecule has 1 aliphatic rings. The van der Waals surface area contributed by atoms with E-state index < -0.39 is 0 Å². The number of aryl methyl sites for hydroxylation is 1. The van der Waals surface area contributed by atoms with Crippen LogP contribution in [0.4, 0.5) is 5.00 Å². The summed E-state index contributed by atoms with van der Waals surface area (Å²) in [7, 11) is 0. The molecule has 5 heteroatoms. The van der Waals surface area contributed by atoms with Gasteiger partial charge in [-0.1, -0.05) is 19.3 Å². The number of aromatic amines is 1. The van der Waals surface area contributed by atoms with E-state index in [2.05, 4.69) is 24.0 Å². The van der Waals surface area contributed by atoms with Crippen molar-refractivity contribution in [3.05, 3.63) is 16.3 Å². The molecule has 1 saturated carbocycles. The van der Waals surface area contributed by atoms with Crippen molar-refractivity contribution in [1.29, 1.82) is 0 Å². The zero-order chi connectivity index (χ0) is 13.4. The van der Waals surface area contributed by atoms with Gasteiger partial charge in [-0.3, -0.25) is 5.10 Å². The molecular formula is C14H20N4S. The summed E-state index contributed by atoms with van der Waals surface area (Å²) in [4.78, 5) is 5.95. The average molecular weight is 276 g/mol. The maximum absolute atomic E-state index is 6.09. The van der Waals surface area contributed by atoms with Gasteiger partial charge in [0.05, 0.1) is 10.6 Å². The Bertz CT molecular complexity index is 578. The number of nitrogens with zero attached hydrogens (tertiary/aromatic N) is 2. The van der Waals surface area contributed by atoms with E-state index in [0.29, 0.717) is 5.92 Å². The molecule has 0 spiro atoms. The van der Waals surface area contributed by atoms with Gasteiger partial charge < -0.3 is 5.73 Å². The summed E-state index contributed by atoms with van der Waals surface area (Å²) in [5.74, 6) is 2.36. The quantitative estimate of drug-likeness (QED) is 0.877. The van der Waals surface area contributed by atoms with Crippen LogP contribution in [0.5, 0.6) is 0 Å². The second-order valence-corrected chi connectivity index (χ2v) is 6.66. The average Bonchev–Trinajstić information content (AvgIpc) is 2.97. The number of thiophene rings is 1. The van der Waals surface area contributed by atoms with Gasteiger partial charge in [-0.2, -0.15) is 5.10 Å². The molecule has 0 unspecified atom stereocenters. The van der Waals surface area contributed by atoms with Crippen LogP contribution < -0.4 is 5.73 Å². The molecule has 0 aromatic carbocycles. The first kappa shape index (κ1) is 12.7. The fourth-order valence-corrected chi connectivity index (χ4v) is 3.81. The summed E-state index contributed by atoms with van der Waals surface area (Å²) in [6.45, 7) is 4.18. The first-order valence-electron chi connectivity index (χ1n) is 6.95. The van der Waals surface area contributed by atoms with Crippen molar-refractivity contribution in [3.8, 4) is 11.4 Å². The zero-order valence-corrected chi connectivity index (χ0v) is 12.3. The largest absolute Gasteiger partial charge is 0.390 e. The van der Waals surface area contributed by atoms with Crippen LogP contribution in [0.25, 0.3) is 11.4 Å². The lowest BCUT2D eigenvalue weighted by molar-refractivity contribution is 0.429. The van der Waals surface area contributed by atoms with Crippen LogP contribution in [-0.2, 0) is 0 Å². The Morgan fingerprint density at radius 3 is 2.58 bits per heavy atom. The standard InChI is InChI=1S/C14H20N4S/c1-8-9(2)19-12(15)11(8)14-16-13(17-18-14)10-6-4-3-5-7-10/h10H,3-7,15H2,1-2H3,(H,16,17,18). The minimum Gasteiger partial charge on any atom is -0.390 e. The fourth-order valence-electron chi connectivity index (χ4n) is 2.88. The minimum absolute atomic E-state index is 0.552. The molecule has 2 aromatic heterocycles. The maximum Gasteiger partial charge on any atom is 0.184 e. The number of nitrogens with two attached hydrogens (primary N) is 1. The molecular weight excluding hydrogens is 256 g/mol. The van der Waals surface area contributed by atoms with Crippen LogP contribution in [0.1, 0.15) is 54.3 Å². The third-order valence-electron chi connectivity index (χ3n) is 4.13. The normalized spacial score (nSPS) is 16.9. The summed E-state index contributed by atoms with van der Waals surface area (Å²) >= 11 is 1.62. The Hall–Kier alpha value is -1.36. The molecule has 0 radical (unpaired) electrons. The highest BCUT2D eigenvalue weighted by Gasteiger charge is 2.21. The predicted molar refractivity (Wildman–Crippen MR) is 79.4 cm³/mol. The maximum atomic E-state index is 6.09. The second kappa shape index (κ2) is 4.96. The van der Waals surface area contributed by atoms with Gasteiger partial charge in [-0.25, -0.2) is 4.98 Å². The van der Waals surface area contributed by atoms with Gasteiger partial charge in [-0.15, -0.1) is 11.3 Å². The summed E-state index contributed by atoms with van der Waals surface area (Å²) < 4.78 is 0. The zero-order valence-electron chi connectivity index (χ0n) is 11.5. The van der Waals surface area contributed by atoms with Gasteiger partial charge in [0.25, 0.3) is 0 Å². The summed E-state index contributed by atoms with van der Waals surface area (Å²) in [6, 6.07) is 0. The Labute approximate surface area is 117 Å². The topological polar surface area (TPSA) is 67.6 Å². The second-order valence-electron chi connectivity index (χ2n) is 5.40. The van der Waals surface area contributed by atoms with Crippen LogP contribution >= 0.6 is 11.3 Å². The van der Waals surface area contributed by atoms with Crippen LogP contribution in [0.2, 0.25) is 0 Å². The molecule has 3 rings (SSSR count). The number of hydrogen-bond acceptors (Lipinski definition) is 4. The Morgan fingerprint density at radius 2 is 1.95 bits per heavy atom. The molecule has 2 heterocycles. The lowest BCUT2D eigenvalue weighted by Crippen LogP contribution is -2.06. The molecule has 2 aromatic rings. The summed E-state index contributed by atoms with van der Waals surface area (Å²) in [5.41, 5.74) is 8.31. The molecule has 1 fully saturated rings. The highest BCUT2D eigenvalue weighted by molar-refractivity contribution is 7.16. The Morgan fingerprint density at radius 1 is 1.21 bits per heavy atom. The van der Waals surface area contributed by atoms with E-state index in [4.69, 9.17) is 10.7 Å². The van der Waals surface area contributed by atoms with Crippen molar-refractivity contribution < 1.29 is 0 Å². The van der Waals surface area contributed by atoms with Gasteiger partial charge in [0.1, 0.15) is 5.82 Å². The van der Waals surface area contributed by atoms with Crippen LogP contribution in [0, 0.1) is 13.8 Å². The molecule has 0 atom stereocenters. The van der Waals surface area contributed by atoms with Gasteiger partial charge >= 0.3 is 0 Å². The molecule has 19 heavy (non-hydrogen) atoms. The van der Waals surface area contributed by atoms with Gasteiger partial charge in [0.2, 0.25) is 0 Å². The summed E-state index contributed by atoms with van der Waals surface area (Å²) in [6.07, 6.45) is 6.42. The lowest BCUT2D eigenvalue weighted by Gasteiger charge is -2.18. The first-order chi connectivity index (χ1) is 9.16. The third kappa shape index (κ3) is 2.27. The van der Waals surface area contributed by atoms with E-state index in [1.165, 1.54) is 42.5 Å². The monoisotopic (exact) mass is 276 g/mol. The highest BCUT2D eigenvalue weighted by atomic mass is 32.1. The van der Waals surface area contributed by atoms with Crippen molar-refractivity contribution >= 4 is 16.3 Å². The predicted octanol–water partition coefficient (Wildman–Crippen LogP) is 3.78. The lowest BCUT2D eigenvalue weighted by atomic mass is 9.89. The molecule has 1 aliphatic carbocycles. The molecule has 0 bridgehead atoms. The Kier molecular flexibility index (Phi) is 3.31. The number of nitrogen functional groups attached to an aromatic ring is 1. The smallest absolute Gasteiger partial charge is 0.184 e. The number of hydrogen-bond donors (Lipinski definition) is 2.